The van der Waals surface area contributed by atoms with Crippen LogP contribution in [0.4, 0.5) is 24.8 Å². The minimum absolute atomic E-state index is 0.0333. The van der Waals surface area contributed by atoms with Gasteiger partial charge in [0, 0.05) is 38.3 Å². The summed E-state index contributed by atoms with van der Waals surface area (Å²) in [4.78, 5) is 8.69. The summed E-state index contributed by atoms with van der Waals surface area (Å²) in [5.74, 6) is -1.30. The van der Waals surface area contributed by atoms with E-state index in [4.69, 9.17) is 10.5 Å². The number of rotatable bonds is 5. The molecule has 0 radical (unpaired) electrons. The molecule has 0 bridgehead atoms. The van der Waals surface area contributed by atoms with Gasteiger partial charge in [0.1, 0.15) is 17.3 Å². The van der Waals surface area contributed by atoms with E-state index in [1.165, 1.54) is 10.6 Å². The lowest BCUT2D eigenvalue weighted by Gasteiger charge is -2.36. The molecular weight excluding hydrogens is 521 g/mol. The Morgan fingerprint density at radius 3 is 2.58 bits per heavy atom. The largest absolute Gasteiger partial charge is 0.391 e. The van der Waals surface area contributed by atoms with Gasteiger partial charge in [-0.1, -0.05) is 6.92 Å². The third-order valence-electron chi connectivity index (χ3n) is 8.26. The van der Waals surface area contributed by atoms with Gasteiger partial charge in [0.2, 0.25) is 5.95 Å². The molecule has 4 N–H and O–H groups in total. The minimum atomic E-state index is -1.84. The summed E-state index contributed by atoms with van der Waals surface area (Å²) >= 11 is 0. The number of pyridine rings is 1. The van der Waals surface area contributed by atoms with E-state index in [2.05, 4.69) is 20.4 Å². The Balaban J connectivity index is 1.33. The van der Waals surface area contributed by atoms with Gasteiger partial charge in [0.25, 0.3) is 0 Å². The molecule has 1 aliphatic heterocycles. The zero-order valence-electron chi connectivity index (χ0n) is 22.0. The smallest absolute Gasteiger partial charge is 0.229 e. The van der Waals surface area contributed by atoms with Gasteiger partial charge in [-0.25, -0.2) is 18.2 Å². The van der Waals surface area contributed by atoms with Crippen molar-refractivity contribution in [3.05, 3.63) is 71.7 Å². The van der Waals surface area contributed by atoms with Gasteiger partial charge >= 0.3 is 0 Å². The van der Waals surface area contributed by atoms with Gasteiger partial charge in [-0.3, -0.25) is 4.98 Å². The number of anilines is 2. The molecule has 3 aromatic heterocycles. The maximum atomic E-state index is 15.4. The van der Waals surface area contributed by atoms with Crippen LogP contribution in [0.3, 0.4) is 0 Å². The van der Waals surface area contributed by atoms with Gasteiger partial charge in [-0.05, 0) is 66.1 Å². The van der Waals surface area contributed by atoms with Crippen LogP contribution in [0.2, 0.25) is 0 Å². The number of aliphatic hydroxyl groups is 1. The number of halogens is 3. The van der Waals surface area contributed by atoms with E-state index < -0.39 is 23.4 Å². The second-order valence-electron chi connectivity index (χ2n) is 10.9. The van der Waals surface area contributed by atoms with Crippen molar-refractivity contribution in [2.24, 2.45) is 11.7 Å². The summed E-state index contributed by atoms with van der Waals surface area (Å²) in [5.41, 5.74) is 6.34. The lowest BCUT2D eigenvalue weighted by atomic mass is 9.74. The molecule has 11 heteroatoms. The third-order valence-corrected chi connectivity index (χ3v) is 8.26. The second-order valence-corrected chi connectivity index (χ2v) is 10.9. The Labute approximate surface area is 229 Å². The maximum absolute atomic E-state index is 15.4. The van der Waals surface area contributed by atoms with Crippen molar-refractivity contribution in [2.75, 3.05) is 18.5 Å². The molecule has 1 saturated carbocycles. The predicted molar refractivity (Wildman–Crippen MR) is 144 cm³/mol. The highest BCUT2D eigenvalue weighted by atomic mass is 19.1. The van der Waals surface area contributed by atoms with Crippen LogP contribution >= 0.6 is 0 Å². The summed E-state index contributed by atoms with van der Waals surface area (Å²) in [6, 6.07) is 6.86. The van der Waals surface area contributed by atoms with Crippen LogP contribution in [-0.2, 0) is 10.4 Å². The van der Waals surface area contributed by atoms with Crippen LogP contribution in [0.1, 0.15) is 49.7 Å². The van der Waals surface area contributed by atoms with Crippen LogP contribution in [0.25, 0.3) is 16.8 Å². The highest BCUT2D eigenvalue weighted by molar-refractivity contribution is 5.66. The Morgan fingerprint density at radius 2 is 1.85 bits per heavy atom. The highest BCUT2D eigenvalue weighted by Crippen LogP contribution is 2.40. The van der Waals surface area contributed by atoms with Gasteiger partial charge < -0.3 is 20.9 Å². The van der Waals surface area contributed by atoms with Crippen LogP contribution in [-0.4, -0.2) is 50.0 Å². The van der Waals surface area contributed by atoms with Gasteiger partial charge in [0.15, 0.2) is 0 Å². The molecule has 0 unspecified atom stereocenters. The molecule has 0 spiro atoms. The first-order chi connectivity index (χ1) is 19.2. The van der Waals surface area contributed by atoms with Crippen molar-refractivity contribution >= 4 is 17.2 Å². The summed E-state index contributed by atoms with van der Waals surface area (Å²) in [7, 11) is 0. The Morgan fingerprint density at radius 1 is 1.10 bits per heavy atom. The third kappa shape index (κ3) is 4.82. The first-order valence-corrected chi connectivity index (χ1v) is 13.5. The molecule has 1 aromatic carbocycles. The molecule has 40 heavy (non-hydrogen) atoms. The fourth-order valence-corrected chi connectivity index (χ4v) is 5.98. The summed E-state index contributed by atoms with van der Waals surface area (Å²) in [6.07, 6.45) is 5.91. The molecule has 210 valence electrons. The average molecular weight is 553 g/mol. The monoisotopic (exact) mass is 552 g/mol. The first kappa shape index (κ1) is 26.7. The number of aliphatic hydroxyl groups excluding tert-OH is 1. The molecular formula is C29H31F3N6O2. The summed E-state index contributed by atoms with van der Waals surface area (Å²) in [5, 5.41) is 18.1. The van der Waals surface area contributed by atoms with Crippen molar-refractivity contribution < 1.29 is 23.0 Å². The fraction of sp³-hybridized carbons (Fsp3) is 0.414. The number of aromatic nitrogens is 4. The zero-order valence-corrected chi connectivity index (χ0v) is 22.0. The van der Waals surface area contributed by atoms with E-state index in [0.717, 1.165) is 24.1 Å². The average Bonchev–Trinajstić information content (AvgIpc) is 3.33. The van der Waals surface area contributed by atoms with Gasteiger partial charge in [0.05, 0.1) is 41.0 Å². The van der Waals surface area contributed by atoms with E-state index in [9.17, 15) is 5.11 Å². The van der Waals surface area contributed by atoms with E-state index in [1.807, 2.05) is 13.0 Å². The number of hydrogen-bond donors (Lipinski definition) is 3. The van der Waals surface area contributed by atoms with E-state index in [-0.39, 0.29) is 60.8 Å². The Kier molecular flexibility index (Phi) is 6.97. The fourth-order valence-electron chi connectivity index (χ4n) is 5.98. The van der Waals surface area contributed by atoms with E-state index in [0.29, 0.717) is 23.6 Å². The molecule has 0 amide bonds. The molecule has 8 nitrogen and oxygen atoms in total. The minimum Gasteiger partial charge on any atom is -0.391 e. The number of alkyl halides is 1. The molecule has 4 aromatic rings. The number of nitrogens with zero attached hydrogens (tertiary/aromatic N) is 4. The van der Waals surface area contributed by atoms with Crippen LogP contribution in [0, 0.1) is 17.6 Å². The topological polar surface area (TPSA) is 111 Å². The standard InChI is InChI=1S/C29H31F3N6O2/c1-16-10-17(11-23(33)27(16)39)20-4-7-34-15-25(20)36-28-35-14-19-2-3-24(37-38(19)28)26-21(30)12-18(13-22(26)31)29(32)5-8-40-9-6-29/h2-4,7,12-17,23,27,39H,5-6,8-11,33H2,1H3,(H,35,36)/t16-,17+,23+,27-/m0/s1. The number of nitrogens with two attached hydrogens (primary N) is 1. The Bertz CT molecular complexity index is 1500. The molecule has 6 rings (SSSR count). The number of imidazole rings is 1. The van der Waals surface area contributed by atoms with Crippen molar-refractivity contribution in [3.8, 4) is 11.3 Å². The lowest BCUT2D eigenvalue weighted by molar-refractivity contribution is -0.0117. The SMILES string of the molecule is C[C@H]1C[C@@H](c2ccncc2Nc2ncc3ccc(-c4c(F)cc(C5(F)CCOCC5)cc4F)nn23)C[C@@H](N)[C@H]1O. The van der Waals surface area contributed by atoms with E-state index in [1.54, 1.807) is 24.7 Å². The number of benzene rings is 1. The molecule has 1 aliphatic carbocycles. The Hall–Kier alpha value is -3.54. The lowest BCUT2D eigenvalue weighted by Crippen LogP contribution is -2.44. The highest BCUT2D eigenvalue weighted by Gasteiger charge is 2.36. The second kappa shape index (κ2) is 10.5. The van der Waals surface area contributed by atoms with Crippen molar-refractivity contribution in [3.63, 3.8) is 0 Å². The predicted octanol–water partition coefficient (Wildman–Crippen LogP) is 4.99. The zero-order chi connectivity index (χ0) is 28.0. The number of hydrogen-bond acceptors (Lipinski definition) is 7. The first-order valence-electron chi connectivity index (χ1n) is 13.5. The summed E-state index contributed by atoms with van der Waals surface area (Å²) in [6.45, 7) is 2.38. The van der Waals surface area contributed by atoms with Crippen molar-refractivity contribution in [2.45, 2.75) is 56.3 Å². The number of fused-ring (bicyclic) bond motifs is 1. The van der Waals surface area contributed by atoms with Crippen LogP contribution in [0.5, 0.6) is 0 Å². The normalized spacial score (nSPS) is 24.8. The molecule has 1 saturated heterocycles. The van der Waals surface area contributed by atoms with Crippen molar-refractivity contribution in [1.82, 2.24) is 19.6 Å². The number of ether oxygens (including phenoxy) is 1. The molecule has 4 heterocycles. The molecule has 4 atom stereocenters. The van der Waals surface area contributed by atoms with Crippen LogP contribution in [0.15, 0.2) is 48.9 Å². The summed E-state index contributed by atoms with van der Waals surface area (Å²) < 4.78 is 52.6. The van der Waals surface area contributed by atoms with Crippen LogP contribution < -0.4 is 11.1 Å². The van der Waals surface area contributed by atoms with Crippen molar-refractivity contribution in [1.29, 1.82) is 0 Å². The number of nitrogens with one attached hydrogen (secondary N) is 1. The van der Waals surface area contributed by atoms with Gasteiger partial charge in [-0.2, -0.15) is 9.61 Å². The quantitative estimate of drug-likeness (QED) is 0.320. The maximum Gasteiger partial charge on any atom is 0.229 e. The van der Waals surface area contributed by atoms with Gasteiger partial charge in [-0.15, -0.1) is 0 Å². The van der Waals surface area contributed by atoms with E-state index >= 15 is 13.2 Å². The molecule has 2 fully saturated rings. The molecule has 2 aliphatic rings.